The molecule has 1 heterocycles. The Balaban J connectivity index is 1.89. The number of halogens is 2. The van der Waals surface area contributed by atoms with Crippen molar-refractivity contribution >= 4 is 27.5 Å². The molecule has 20 heavy (non-hydrogen) atoms. The van der Waals surface area contributed by atoms with Crippen LogP contribution in [0.5, 0.6) is 0 Å². The number of rotatable bonds is 3. The summed E-state index contributed by atoms with van der Waals surface area (Å²) in [4.78, 5) is 4.36. The van der Waals surface area contributed by atoms with Gasteiger partial charge in [-0.05, 0) is 29.8 Å². The summed E-state index contributed by atoms with van der Waals surface area (Å²) < 4.78 is 6.26. The van der Waals surface area contributed by atoms with E-state index in [0.717, 1.165) is 15.6 Å². The molecule has 1 aromatic heterocycles. The molecule has 0 spiro atoms. The lowest BCUT2D eigenvalue weighted by molar-refractivity contribution is 0.383. The highest BCUT2D eigenvalue weighted by Crippen LogP contribution is 2.29. The van der Waals surface area contributed by atoms with Gasteiger partial charge in [-0.15, -0.1) is 11.6 Å². The quantitative estimate of drug-likeness (QED) is 0.636. The van der Waals surface area contributed by atoms with Gasteiger partial charge in [0.05, 0.1) is 0 Å². The first-order valence-corrected chi connectivity index (χ1v) is 7.25. The van der Waals surface area contributed by atoms with Crippen LogP contribution < -0.4 is 0 Å². The molecule has 3 nitrogen and oxygen atoms in total. The average molecular weight is 350 g/mol. The Morgan fingerprint density at radius 3 is 2.40 bits per heavy atom. The zero-order valence-electron chi connectivity index (χ0n) is 10.3. The maximum atomic E-state index is 6.35. The predicted molar refractivity (Wildman–Crippen MR) is 81.6 cm³/mol. The summed E-state index contributed by atoms with van der Waals surface area (Å²) in [6, 6.07) is 17.4. The van der Waals surface area contributed by atoms with Gasteiger partial charge in [-0.2, -0.15) is 4.98 Å². The number of hydrogen-bond acceptors (Lipinski definition) is 3. The molecular formula is C15H10BrClN2O. The molecule has 0 aliphatic heterocycles. The van der Waals surface area contributed by atoms with Crippen LogP contribution in [0.1, 0.15) is 16.8 Å². The molecule has 0 radical (unpaired) electrons. The molecule has 3 rings (SSSR count). The smallest absolute Gasteiger partial charge is 0.249 e. The Morgan fingerprint density at radius 2 is 1.70 bits per heavy atom. The van der Waals surface area contributed by atoms with E-state index in [9.17, 15) is 0 Å². The summed E-state index contributed by atoms with van der Waals surface area (Å²) >= 11 is 9.75. The van der Waals surface area contributed by atoms with Crippen molar-refractivity contribution in [2.24, 2.45) is 0 Å². The first kappa shape index (κ1) is 13.3. The fraction of sp³-hybridized carbons (Fsp3) is 0.0667. The van der Waals surface area contributed by atoms with E-state index in [1.54, 1.807) is 0 Å². The molecule has 0 fully saturated rings. The fourth-order valence-electron chi connectivity index (χ4n) is 1.82. The molecule has 0 saturated carbocycles. The topological polar surface area (TPSA) is 38.9 Å². The van der Waals surface area contributed by atoms with E-state index in [-0.39, 0.29) is 0 Å². The van der Waals surface area contributed by atoms with Crippen LogP contribution in [0.25, 0.3) is 11.4 Å². The highest BCUT2D eigenvalue weighted by Gasteiger charge is 2.18. The number of alkyl halides is 1. The van der Waals surface area contributed by atoms with Crippen molar-refractivity contribution in [3.8, 4) is 11.4 Å². The molecule has 0 saturated heterocycles. The van der Waals surface area contributed by atoms with E-state index in [1.165, 1.54) is 0 Å². The van der Waals surface area contributed by atoms with E-state index in [2.05, 4.69) is 26.1 Å². The standard InChI is InChI=1S/C15H10BrClN2O/c16-12-8-6-11(7-9-12)14-18-15(20-19-14)13(17)10-4-2-1-3-5-10/h1-9,13H. The molecule has 100 valence electrons. The van der Waals surface area contributed by atoms with E-state index in [1.807, 2.05) is 54.6 Å². The first-order chi connectivity index (χ1) is 9.74. The van der Waals surface area contributed by atoms with Gasteiger partial charge in [0.15, 0.2) is 0 Å². The van der Waals surface area contributed by atoms with Crippen LogP contribution in [-0.2, 0) is 0 Å². The Kier molecular flexibility index (Phi) is 3.85. The zero-order valence-corrected chi connectivity index (χ0v) is 12.7. The molecule has 1 unspecified atom stereocenters. The van der Waals surface area contributed by atoms with Crippen LogP contribution in [0.2, 0.25) is 0 Å². The van der Waals surface area contributed by atoms with E-state index < -0.39 is 5.38 Å². The zero-order chi connectivity index (χ0) is 13.9. The Labute approximate surface area is 129 Å². The van der Waals surface area contributed by atoms with Crippen molar-refractivity contribution in [3.05, 3.63) is 70.5 Å². The monoisotopic (exact) mass is 348 g/mol. The number of aromatic nitrogens is 2. The third-order valence-electron chi connectivity index (χ3n) is 2.85. The van der Waals surface area contributed by atoms with Crippen LogP contribution in [0.4, 0.5) is 0 Å². The second-order valence-electron chi connectivity index (χ2n) is 4.24. The van der Waals surface area contributed by atoms with Gasteiger partial charge in [0.25, 0.3) is 0 Å². The SMILES string of the molecule is ClC(c1ccccc1)c1nc(-c2ccc(Br)cc2)no1. The van der Waals surface area contributed by atoms with Crippen molar-refractivity contribution < 1.29 is 4.52 Å². The summed E-state index contributed by atoms with van der Waals surface area (Å²) in [5.74, 6) is 0.935. The van der Waals surface area contributed by atoms with Gasteiger partial charge in [0.2, 0.25) is 11.7 Å². The summed E-state index contributed by atoms with van der Waals surface area (Å²) in [6.07, 6.45) is 0. The largest absolute Gasteiger partial charge is 0.337 e. The highest BCUT2D eigenvalue weighted by atomic mass is 79.9. The summed E-state index contributed by atoms with van der Waals surface area (Å²) in [5, 5.41) is 3.54. The maximum absolute atomic E-state index is 6.35. The minimum absolute atomic E-state index is 0.399. The van der Waals surface area contributed by atoms with Crippen molar-refractivity contribution in [2.75, 3.05) is 0 Å². The number of benzene rings is 2. The first-order valence-electron chi connectivity index (χ1n) is 6.02. The summed E-state index contributed by atoms with van der Waals surface area (Å²) in [6.45, 7) is 0. The maximum Gasteiger partial charge on any atom is 0.249 e. The van der Waals surface area contributed by atoms with E-state index in [0.29, 0.717) is 11.7 Å². The van der Waals surface area contributed by atoms with Gasteiger partial charge in [0.1, 0.15) is 5.38 Å². The van der Waals surface area contributed by atoms with Crippen LogP contribution in [-0.4, -0.2) is 10.1 Å². The minimum atomic E-state index is -0.437. The van der Waals surface area contributed by atoms with Gasteiger partial charge in [-0.1, -0.05) is 51.4 Å². The molecule has 3 aromatic rings. The van der Waals surface area contributed by atoms with E-state index in [4.69, 9.17) is 16.1 Å². The van der Waals surface area contributed by atoms with Crippen molar-refractivity contribution in [1.29, 1.82) is 0 Å². The van der Waals surface area contributed by atoms with Crippen molar-refractivity contribution in [1.82, 2.24) is 10.1 Å². The van der Waals surface area contributed by atoms with Gasteiger partial charge >= 0.3 is 0 Å². The average Bonchev–Trinajstić information content (AvgIpc) is 2.98. The normalized spacial score (nSPS) is 12.3. The van der Waals surface area contributed by atoms with E-state index >= 15 is 0 Å². The van der Waals surface area contributed by atoms with Crippen molar-refractivity contribution in [3.63, 3.8) is 0 Å². The third-order valence-corrected chi connectivity index (χ3v) is 3.82. The molecular weight excluding hydrogens is 340 g/mol. The summed E-state index contributed by atoms with van der Waals surface area (Å²) in [7, 11) is 0. The molecule has 0 aliphatic carbocycles. The Morgan fingerprint density at radius 1 is 1.00 bits per heavy atom. The third kappa shape index (κ3) is 2.76. The molecule has 1 atom stereocenters. The second kappa shape index (κ2) is 5.77. The van der Waals surface area contributed by atoms with Crippen LogP contribution in [0, 0.1) is 0 Å². The molecule has 0 bridgehead atoms. The Hall–Kier alpha value is -1.65. The Bertz CT molecular complexity index is 697. The van der Waals surface area contributed by atoms with Crippen LogP contribution in [0.3, 0.4) is 0 Å². The lowest BCUT2D eigenvalue weighted by Gasteiger charge is -2.03. The van der Waals surface area contributed by atoms with Crippen LogP contribution in [0.15, 0.2) is 63.6 Å². The lowest BCUT2D eigenvalue weighted by Crippen LogP contribution is -1.93. The van der Waals surface area contributed by atoms with Crippen LogP contribution >= 0.6 is 27.5 Å². The second-order valence-corrected chi connectivity index (χ2v) is 5.59. The van der Waals surface area contributed by atoms with Gasteiger partial charge < -0.3 is 4.52 Å². The minimum Gasteiger partial charge on any atom is -0.337 e. The molecule has 0 amide bonds. The van der Waals surface area contributed by atoms with Crippen molar-refractivity contribution in [2.45, 2.75) is 5.38 Å². The highest BCUT2D eigenvalue weighted by molar-refractivity contribution is 9.10. The molecule has 5 heteroatoms. The lowest BCUT2D eigenvalue weighted by atomic mass is 10.1. The molecule has 0 aliphatic rings. The number of nitrogens with zero attached hydrogens (tertiary/aromatic N) is 2. The summed E-state index contributed by atoms with van der Waals surface area (Å²) in [5.41, 5.74) is 1.82. The number of hydrogen-bond donors (Lipinski definition) is 0. The predicted octanol–water partition coefficient (Wildman–Crippen LogP) is 4.83. The fourth-order valence-corrected chi connectivity index (χ4v) is 2.32. The van der Waals surface area contributed by atoms with Gasteiger partial charge in [-0.3, -0.25) is 0 Å². The van der Waals surface area contributed by atoms with Gasteiger partial charge in [-0.25, -0.2) is 0 Å². The molecule has 0 N–H and O–H groups in total. The molecule has 2 aromatic carbocycles. The van der Waals surface area contributed by atoms with Gasteiger partial charge in [0, 0.05) is 10.0 Å².